The topological polar surface area (TPSA) is 75.9 Å². The molecule has 0 atom stereocenters. The molecular weight excluding hydrogens is 170 g/mol. The molecule has 1 rings (SSSR count). The first kappa shape index (κ1) is 8.93. The molecule has 1 aromatic carbocycles. The van der Waals surface area contributed by atoms with Crippen molar-refractivity contribution >= 4 is 22.6 Å². The molecule has 0 saturated carbocycles. The van der Waals surface area contributed by atoms with Gasteiger partial charge in [-0.2, -0.15) is 0 Å². The Balaban J connectivity index is 2.57. The number of benzene rings is 1. The van der Waals surface area contributed by atoms with Crippen molar-refractivity contribution in [2.75, 3.05) is 5.73 Å². The Hall–Kier alpha value is -1.16. The average Bonchev–Trinajstić information content (AvgIpc) is 2.01. The highest BCUT2D eigenvalue weighted by molar-refractivity contribution is 8.13. The number of anilines is 1. The summed E-state index contributed by atoms with van der Waals surface area (Å²) in [6.45, 7) is 0. The Morgan fingerprint density at radius 3 is 2.83 bits per heavy atom. The minimum atomic E-state index is 0.137. The summed E-state index contributed by atoms with van der Waals surface area (Å²) in [7, 11) is 0. The van der Waals surface area contributed by atoms with E-state index in [1.54, 1.807) is 0 Å². The van der Waals surface area contributed by atoms with E-state index in [-0.39, 0.29) is 5.17 Å². The van der Waals surface area contributed by atoms with E-state index in [2.05, 4.69) is 0 Å². The zero-order valence-electron chi connectivity index (χ0n) is 6.58. The van der Waals surface area contributed by atoms with E-state index in [4.69, 9.17) is 16.9 Å². The van der Waals surface area contributed by atoms with Gasteiger partial charge in [0.05, 0.1) is 0 Å². The molecule has 0 unspecified atom stereocenters. The summed E-state index contributed by atoms with van der Waals surface area (Å²) in [4.78, 5) is 0. The predicted molar refractivity (Wildman–Crippen MR) is 54.1 cm³/mol. The van der Waals surface area contributed by atoms with E-state index < -0.39 is 0 Å². The number of amidine groups is 1. The Kier molecular flexibility index (Phi) is 2.99. The lowest BCUT2D eigenvalue weighted by molar-refractivity contribution is 1.42. The van der Waals surface area contributed by atoms with E-state index >= 15 is 0 Å². The van der Waals surface area contributed by atoms with Crippen LogP contribution in [0.4, 0.5) is 5.69 Å². The standard InChI is InChI=1S/C8H11N3S/c9-7-3-1-2-6(4-7)5-12-8(10)11/h1-4H,5,9H2,(H3,10,11). The molecule has 0 aliphatic carbocycles. The summed E-state index contributed by atoms with van der Waals surface area (Å²) >= 11 is 1.30. The largest absolute Gasteiger partial charge is 0.399 e. The van der Waals surface area contributed by atoms with E-state index in [0.717, 1.165) is 11.3 Å². The van der Waals surface area contributed by atoms with Gasteiger partial charge in [0.2, 0.25) is 0 Å². The van der Waals surface area contributed by atoms with Crippen molar-refractivity contribution in [1.82, 2.24) is 0 Å². The van der Waals surface area contributed by atoms with Gasteiger partial charge in [-0.25, -0.2) is 0 Å². The lowest BCUT2D eigenvalue weighted by Gasteiger charge is -2.00. The van der Waals surface area contributed by atoms with Crippen LogP contribution in [0, 0.1) is 5.41 Å². The van der Waals surface area contributed by atoms with Gasteiger partial charge in [-0.1, -0.05) is 23.9 Å². The molecule has 3 nitrogen and oxygen atoms in total. The second-order valence-electron chi connectivity index (χ2n) is 2.40. The van der Waals surface area contributed by atoms with E-state index in [1.165, 1.54) is 11.8 Å². The Morgan fingerprint density at radius 2 is 2.25 bits per heavy atom. The number of nitrogens with one attached hydrogen (secondary N) is 1. The van der Waals surface area contributed by atoms with Gasteiger partial charge in [-0.3, -0.25) is 5.41 Å². The number of rotatable bonds is 2. The van der Waals surface area contributed by atoms with E-state index in [9.17, 15) is 0 Å². The lowest BCUT2D eigenvalue weighted by Crippen LogP contribution is -2.03. The van der Waals surface area contributed by atoms with Crippen molar-refractivity contribution in [1.29, 1.82) is 5.41 Å². The summed E-state index contributed by atoms with van der Waals surface area (Å²) in [5.74, 6) is 0.709. The van der Waals surface area contributed by atoms with Gasteiger partial charge in [0.15, 0.2) is 5.17 Å². The SMILES string of the molecule is N=C(N)SCc1cccc(N)c1. The van der Waals surface area contributed by atoms with Crippen molar-refractivity contribution in [2.45, 2.75) is 5.75 Å². The first-order valence-corrected chi connectivity index (χ1v) is 4.48. The highest BCUT2D eigenvalue weighted by Gasteiger charge is 1.94. The normalized spacial score (nSPS) is 9.67. The first-order valence-electron chi connectivity index (χ1n) is 3.50. The molecule has 0 fully saturated rings. The van der Waals surface area contributed by atoms with E-state index in [0.29, 0.717) is 5.75 Å². The van der Waals surface area contributed by atoms with Crippen LogP contribution in [-0.4, -0.2) is 5.17 Å². The first-order chi connectivity index (χ1) is 5.68. The zero-order chi connectivity index (χ0) is 8.97. The monoisotopic (exact) mass is 181 g/mol. The van der Waals surface area contributed by atoms with Crippen molar-refractivity contribution in [3.8, 4) is 0 Å². The van der Waals surface area contributed by atoms with Gasteiger partial charge >= 0.3 is 0 Å². The minimum Gasteiger partial charge on any atom is -0.399 e. The molecule has 0 aromatic heterocycles. The number of nitrogen functional groups attached to an aromatic ring is 1. The molecule has 4 heteroatoms. The Labute approximate surface area is 75.6 Å². The van der Waals surface area contributed by atoms with Gasteiger partial charge in [0.1, 0.15) is 0 Å². The minimum absolute atomic E-state index is 0.137. The molecule has 0 radical (unpaired) electrons. The lowest BCUT2D eigenvalue weighted by atomic mass is 10.2. The second kappa shape index (κ2) is 4.01. The van der Waals surface area contributed by atoms with Gasteiger partial charge in [-0.05, 0) is 17.7 Å². The molecule has 5 N–H and O–H groups in total. The van der Waals surface area contributed by atoms with Gasteiger partial charge in [0.25, 0.3) is 0 Å². The van der Waals surface area contributed by atoms with Crippen molar-refractivity contribution in [3.05, 3.63) is 29.8 Å². The molecule has 1 aromatic rings. The highest BCUT2D eigenvalue weighted by atomic mass is 32.2. The van der Waals surface area contributed by atoms with E-state index in [1.807, 2.05) is 24.3 Å². The third-order valence-corrected chi connectivity index (χ3v) is 2.13. The van der Waals surface area contributed by atoms with Crippen molar-refractivity contribution in [3.63, 3.8) is 0 Å². The van der Waals surface area contributed by atoms with Crippen LogP contribution in [0.2, 0.25) is 0 Å². The molecule has 0 aliphatic rings. The zero-order valence-corrected chi connectivity index (χ0v) is 7.40. The maximum atomic E-state index is 7.01. The van der Waals surface area contributed by atoms with Gasteiger partial charge < -0.3 is 11.5 Å². The van der Waals surface area contributed by atoms with Crippen LogP contribution in [0.5, 0.6) is 0 Å². The molecule has 12 heavy (non-hydrogen) atoms. The summed E-state index contributed by atoms with van der Waals surface area (Å²) in [5, 5.41) is 7.14. The maximum Gasteiger partial charge on any atom is 0.151 e. The molecule has 64 valence electrons. The quantitative estimate of drug-likeness (QED) is 0.366. The molecule has 0 bridgehead atoms. The number of thioether (sulfide) groups is 1. The number of nitrogens with two attached hydrogens (primary N) is 2. The summed E-state index contributed by atoms with van der Waals surface area (Å²) in [6, 6.07) is 7.58. The van der Waals surface area contributed by atoms with Crippen LogP contribution in [-0.2, 0) is 5.75 Å². The summed E-state index contributed by atoms with van der Waals surface area (Å²) in [6.07, 6.45) is 0. The third kappa shape index (κ3) is 2.84. The second-order valence-corrected chi connectivity index (χ2v) is 3.42. The fourth-order valence-corrected chi connectivity index (χ4v) is 1.35. The fraction of sp³-hybridized carbons (Fsp3) is 0.125. The summed E-state index contributed by atoms with van der Waals surface area (Å²) < 4.78 is 0. The molecule has 0 saturated heterocycles. The van der Waals surface area contributed by atoms with Crippen molar-refractivity contribution < 1.29 is 0 Å². The predicted octanol–water partition coefficient (Wildman–Crippen LogP) is 1.40. The number of hydrogen-bond donors (Lipinski definition) is 3. The van der Waals surface area contributed by atoms with Crippen LogP contribution in [0.25, 0.3) is 0 Å². The smallest absolute Gasteiger partial charge is 0.151 e. The highest BCUT2D eigenvalue weighted by Crippen LogP contribution is 2.13. The fourth-order valence-electron chi connectivity index (χ4n) is 0.844. The van der Waals surface area contributed by atoms with Crippen LogP contribution < -0.4 is 11.5 Å². The molecule has 0 amide bonds. The molecule has 0 spiro atoms. The van der Waals surface area contributed by atoms with Gasteiger partial charge in [-0.15, -0.1) is 0 Å². The van der Waals surface area contributed by atoms with Crippen LogP contribution in [0.15, 0.2) is 24.3 Å². The van der Waals surface area contributed by atoms with Crippen molar-refractivity contribution in [2.24, 2.45) is 5.73 Å². The van der Waals surface area contributed by atoms with Gasteiger partial charge in [0, 0.05) is 11.4 Å². The summed E-state index contributed by atoms with van der Waals surface area (Å²) in [5.41, 5.74) is 12.6. The molecular formula is C8H11N3S. The van der Waals surface area contributed by atoms with Crippen LogP contribution in [0.1, 0.15) is 5.56 Å². The van der Waals surface area contributed by atoms with Crippen LogP contribution in [0.3, 0.4) is 0 Å². The Morgan fingerprint density at radius 1 is 1.50 bits per heavy atom. The maximum absolute atomic E-state index is 7.01. The number of hydrogen-bond acceptors (Lipinski definition) is 3. The third-order valence-electron chi connectivity index (χ3n) is 1.35. The van der Waals surface area contributed by atoms with Crippen LogP contribution >= 0.6 is 11.8 Å². The Bertz CT molecular complexity index is 285. The molecule has 0 heterocycles. The molecule has 0 aliphatic heterocycles. The average molecular weight is 181 g/mol.